The van der Waals surface area contributed by atoms with Crippen molar-refractivity contribution in [1.82, 2.24) is 0 Å². The van der Waals surface area contributed by atoms with Gasteiger partial charge in [0.25, 0.3) is 0 Å². The van der Waals surface area contributed by atoms with Crippen molar-refractivity contribution in [2.45, 2.75) is 6.92 Å². The number of benzene rings is 3. The topological polar surface area (TPSA) is 37.3 Å². The van der Waals surface area contributed by atoms with Gasteiger partial charge in [0.05, 0.1) is 5.57 Å². The number of Topliss-reactive ketones (excluding diaryl/α,β-unsaturated/α-hetero) is 1. The predicted molar refractivity (Wildman–Crippen MR) is 88.9 cm³/mol. The van der Waals surface area contributed by atoms with Gasteiger partial charge in [0, 0.05) is 11.1 Å². The Labute approximate surface area is 128 Å². The van der Waals surface area contributed by atoms with E-state index in [0.29, 0.717) is 16.7 Å². The van der Waals surface area contributed by atoms with Gasteiger partial charge in [-0.3, -0.25) is 4.79 Å². The van der Waals surface area contributed by atoms with E-state index in [1.54, 1.807) is 6.07 Å². The fraction of sp³-hybridized carbons (Fsp3) is 0.0500. The summed E-state index contributed by atoms with van der Waals surface area (Å²) in [7, 11) is 0. The lowest BCUT2D eigenvalue weighted by molar-refractivity contribution is 0.105. The Morgan fingerprint density at radius 1 is 0.818 bits per heavy atom. The van der Waals surface area contributed by atoms with Crippen molar-refractivity contribution in [2.75, 3.05) is 0 Å². The quantitative estimate of drug-likeness (QED) is 0.699. The second kappa shape index (κ2) is 4.57. The molecule has 22 heavy (non-hydrogen) atoms. The van der Waals surface area contributed by atoms with Crippen molar-refractivity contribution in [3.05, 3.63) is 82.9 Å². The number of aryl methyl sites for hydroxylation is 1. The molecule has 3 aromatic rings. The number of rotatable bonds is 1. The van der Waals surface area contributed by atoms with Crippen molar-refractivity contribution in [3.63, 3.8) is 0 Å². The molecule has 1 aliphatic carbocycles. The Kier molecular flexibility index (Phi) is 2.67. The molecule has 0 spiro atoms. The maximum atomic E-state index is 12.6. The molecule has 0 bridgehead atoms. The third-order valence-corrected chi connectivity index (χ3v) is 4.18. The molecule has 0 saturated heterocycles. The molecule has 0 atom stereocenters. The van der Waals surface area contributed by atoms with Crippen molar-refractivity contribution in [3.8, 4) is 0 Å². The summed E-state index contributed by atoms with van der Waals surface area (Å²) >= 11 is 0. The van der Waals surface area contributed by atoms with Crippen LogP contribution in [0.1, 0.15) is 27.0 Å². The standard InChI is InChI=1S/C20H14O2/c1-12-6-9-16-17(10-12)20(22)18(19(16)21)15-8-7-13-4-2-3-5-14(13)11-15/h2-11,22H,1H3. The molecular formula is C20H14O2. The van der Waals surface area contributed by atoms with E-state index in [-0.39, 0.29) is 11.5 Å². The van der Waals surface area contributed by atoms with Crippen LogP contribution >= 0.6 is 0 Å². The molecule has 0 unspecified atom stereocenters. The summed E-state index contributed by atoms with van der Waals surface area (Å²) in [6, 6.07) is 19.4. The first-order valence-electron chi connectivity index (χ1n) is 7.23. The highest BCUT2D eigenvalue weighted by Crippen LogP contribution is 2.37. The van der Waals surface area contributed by atoms with Crippen LogP contribution in [0.5, 0.6) is 0 Å². The average Bonchev–Trinajstić information content (AvgIpc) is 2.78. The zero-order valence-electron chi connectivity index (χ0n) is 12.1. The van der Waals surface area contributed by atoms with Crippen molar-refractivity contribution < 1.29 is 9.90 Å². The summed E-state index contributed by atoms with van der Waals surface area (Å²) in [5, 5.41) is 12.7. The monoisotopic (exact) mass is 286 g/mol. The molecule has 0 saturated carbocycles. The third kappa shape index (κ3) is 1.77. The molecule has 1 N–H and O–H groups in total. The van der Waals surface area contributed by atoms with Crippen LogP contribution in [0.2, 0.25) is 0 Å². The van der Waals surface area contributed by atoms with Gasteiger partial charge in [-0.25, -0.2) is 0 Å². The molecule has 0 aliphatic heterocycles. The van der Waals surface area contributed by atoms with E-state index in [1.165, 1.54) is 0 Å². The van der Waals surface area contributed by atoms with Gasteiger partial charge in [0.1, 0.15) is 5.76 Å². The molecule has 0 amide bonds. The SMILES string of the molecule is Cc1ccc2c(c1)C(O)=C(c1ccc3ccccc3c1)C2=O. The number of hydrogen-bond donors (Lipinski definition) is 1. The summed E-state index contributed by atoms with van der Waals surface area (Å²) in [5.74, 6) is -0.0261. The first-order chi connectivity index (χ1) is 10.6. The largest absolute Gasteiger partial charge is 0.507 e. The van der Waals surface area contributed by atoms with Crippen molar-refractivity contribution in [1.29, 1.82) is 0 Å². The predicted octanol–water partition coefficient (Wildman–Crippen LogP) is 4.77. The number of aliphatic hydroxyl groups excluding tert-OH is 1. The molecule has 3 aromatic carbocycles. The van der Waals surface area contributed by atoms with Crippen LogP contribution in [0.15, 0.2) is 60.7 Å². The molecule has 4 rings (SSSR count). The summed E-state index contributed by atoms with van der Waals surface area (Å²) in [5.41, 5.74) is 3.39. The Morgan fingerprint density at radius 3 is 2.41 bits per heavy atom. The fourth-order valence-corrected chi connectivity index (χ4v) is 3.04. The number of carbonyl (C=O) groups excluding carboxylic acids is 1. The Balaban J connectivity index is 1.93. The zero-order valence-corrected chi connectivity index (χ0v) is 12.1. The maximum Gasteiger partial charge on any atom is 0.198 e. The first kappa shape index (κ1) is 12.8. The van der Waals surface area contributed by atoms with Crippen LogP contribution in [0.4, 0.5) is 0 Å². The van der Waals surface area contributed by atoms with Crippen molar-refractivity contribution in [2.24, 2.45) is 0 Å². The van der Waals surface area contributed by atoms with Gasteiger partial charge in [-0.15, -0.1) is 0 Å². The molecule has 106 valence electrons. The molecule has 0 fully saturated rings. The fourth-order valence-electron chi connectivity index (χ4n) is 3.04. The highest BCUT2D eigenvalue weighted by Gasteiger charge is 2.30. The molecule has 1 aliphatic rings. The van der Waals surface area contributed by atoms with Crippen LogP contribution in [-0.2, 0) is 0 Å². The molecule has 0 radical (unpaired) electrons. The molecule has 2 heteroatoms. The van der Waals surface area contributed by atoms with Crippen LogP contribution in [-0.4, -0.2) is 10.9 Å². The molecule has 2 nitrogen and oxygen atoms in total. The van der Waals surface area contributed by atoms with E-state index in [4.69, 9.17) is 0 Å². The lowest BCUT2D eigenvalue weighted by Gasteiger charge is -2.04. The number of carbonyl (C=O) groups is 1. The molecule has 0 heterocycles. The van der Waals surface area contributed by atoms with E-state index in [2.05, 4.69) is 0 Å². The number of fused-ring (bicyclic) bond motifs is 2. The van der Waals surface area contributed by atoms with Gasteiger partial charge < -0.3 is 5.11 Å². The van der Waals surface area contributed by atoms with Crippen LogP contribution < -0.4 is 0 Å². The van der Waals surface area contributed by atoms with Gasteiger partial charge >= 0.3 is 0 Å². The second-order valence-corrected chi connectivity index (χ2v) is 5.66. The molecule has 0 aromatic heterocycles. The minimum Gasteiger partial charge on any atom is -0.507 e. The van der Waals surface area contributed by atoms with E-state index in [0.717, 1.165) is 21.9 Å². The maximum absolute atomic E-state index is 12.6. The van der Waals surface area contributed by atoms with Crippen molar-refractivity contribution >= 4 is 27.9 Å². The third-order valence-electron chi connectivity index (χ3n) is 4.18. The summed E-state index contributed by atoms with van der Waals surface area (Å²) in [6.07, 6.45) is 0. The first-order valence-corrected chi connectivity index (χ1v) is 7.23. The van der Waals surface area contributed by atoms with Crippen LogP contribution in [0.25, 0.3) is 22.1 Å². The van der Waals surface area contributed by atoms with Gasteiger partial charge in [-0.1, -0.05) is 54.1 Å². The van der Waals surface area contributed by atoms with E-state index in [9.17, 15) is 9.90 Å². The summed E-state index contributed by atoms with van der Waals surface area (Å²) in [6.45, 7) is 1.95. The minimum atomic E-state index is -0.109. The average molecular weight is 286 g/mol. The van der Waals surface area contributed by atoms with Gasteiger partial charge in [-0.2, -0.15) is 0 Å². The summed E-state index contributed by atoms with van der Waals surface area (Å²) < 4.78 is 0. The number of aliphatic hydroxyl groups is 1. The van der Waals surface area contributed by atoms with Crippen LogP contribution in [0, 0.1) is 6.92 Å². The van der Waals surface area contributed by atoms with E-state index < -0.39 is 0 Å². The normalized spacial score (nSPS) is 13.8. The summed E-state index contributed by atoms with van der Waals surface area (Å²) in [4.78, 5) is 12.6. The van der Waals surface area contributed by atoms with E-state index >= 15 is 0 Å². The lowest BCUT2D eigenvalue weighted by Crippen LogP contribution is -1.98. The van der Waals surface area contributed by atoms with Crippen LogP contribution in [0.3, 0.4) is 0 Å². The second-order valence-electron chi connectivity index (χ2n) is 5.66. The van der Waals surface area contributed by atoms with Gasteiger partial charge in [0.2, 0.25) is 0 Å². The minimum absolute atomic E-state index is 0.0824. The smallest absolute Gasteiger partial charge is 0.198 e. The highest BCUT2D eigenvalue weighted by molar-refractivity contribution is 6.39. The Bertz CT molecular complexity index is 964. The number of hydrogen-bond acceptors (Lipinski definition) is 2. The Morgan fingerprint density at radius 2 is 1.59 bits per heavy atom. The zero-order chi connectivity index (χ0) is 15.3. The Hall–Kier alpha value is -2.87. The van der Waals surface area contributed by atoms with Gasteiger partial charge in [0.15, 0.2) is 5.78 Å². The number of ketones is 1. The number of allylic oxidation sites excluding steroid dienone is 1. The molecular weight excluding hydrogens is 272 g/mol. The van der Waals surface area contributed by atoms with E-state index in [1.807, 2.05) is 61.5 Å². The lowest BCUT2D eigenvalue weighted by atomic mass is 9.99. The highest BCUT2D eigenvalue weighted by atomic mass is 16.3. The van der Waals surface area contributed by atoms with Gasteiger partial charge in [-0.05, 0) is 35.4 Å².